The first-order chi connectivity index (χ1) is 9.10. The van der Waals surface area contributed by atoms with Crippen LogP contribution in [0.2, 0.25) is 0 Å². The average molecular weight is 322 g/mol. The monoisotopic (exact) mass is 321 g/mol. The fourth-order valence-electron chi connectivity index (χ4n) is 2.78. The van der Waals surface area contributed by atoms with Crippen molar-refractivity contribution < 1.29 is 4.42 Å². The molecule has 0 aliphatic heterocycles. The Morgan fingerprint density at radius 1 is 1.26 bits per heavy atom. The smallest absolute Gasteiger partial charge is 0.137 e. The van der Waals surface area contributed by atoms with Crippen molar-refractivity contribution in [1.29, 1.82) is 0 Å². The van der Waals surface area contributed by atoms with Crippen molar-refractivity contribution in [3.63, 3.8) is 0 Å². The number of hydrogen-bond donors (Lipinski definition) is 1. The van der Waals surface area contributed by atoms with Gasteiger partial charge >= 0.3 is 0 Å². The zero-order chi connectivity index (χ0) is 13.6. The topological polar surface area (TPSA) is 25.2 Å². The van der Waals surface area contributed by atoms with Crippen molar-refractivity contribution in [3.8, 4) is 0 Å². The van der Waals surface area contributed by atoms with Crippen LogP contribution < -0.4 is 5.32 Å². The highest BCUT2D eigenvalue weighted by molar-refractivity contribution is 9.10. The van der Waals surface area contributed by atoms with E-state index in [2.05, 4.69) is 53.3 Å². The second-order valence-electron chi connectivity index (χ2n) is 5.82. The first-order valence-electron chi connectivity index (χ1n) is 7.00. The molecule has 19 heavy (non-hydrogen) atoms. The van der Waals surface area contributed by atoms with E-state index in [1.165, 1.54) is 23.8 Å². The van der Waals surface area contributed by atoms with Crippen molar-refractivity contribution in [3.05, 3.63) is 34.0 Å². The van der Waals surface area contributed by atoms with Crippen LogP contribution >= 0.6 is 15.9 Å². The van der Waals surface area contributed by atoms with E-state index in [0.717, 1.165) is 21.7 Å². The van der Waals surface area contributed by atoms with Crippen molar-refractivity contribution in [1.82, 2.24) is 5.32 Å². The molecule has 1 atom stereocenters. The van der Waals surface area contributed by atoms with Gasteiger partial charge in [0.2, 0.25) is 0 Å². The van der Waals surface area contributed by atoms with Gasteiger partial charge in [0.15, 0.2) is 0 Å². The Balaban J connectivity index is 2.11. The summed E-state index contributed by atoms with van der Waals surface area (Å²) in [7, 11) is 2.02. The average Bonchev–Trinajstić information content (AvgIpc) is 3.09. The summed E-state index contributed by atoms with van der Waals surface area (Å²) >= 11 is 3.60. The van der Waals surface area contributed by atoms with Gasteiger partial charge in [-0.15, -0.1) is 0 Å². The highest BCUT2D eigenvalue weighted by Gasteiger charge is 2.33. The molecular weight excluding hydrogens is 302 g/mol. The molecule has 0 radical (unpaired) electrons. The third-order valence-electron chi connectivity index (χ3n) is 3.96. The van der Waals surface area contributed by atoms with Crippen LogP contribution in [0.1, 0.15) is 50.0 Å². The number of fused-ring (bicyclic) bond motifs is 1. The largest absolute Gasteiger partial charge is 0.459 e. The van der Waals surface area contributed by atoms with E-state index in [1.54, 1.807) is 0 Å². The zero-order valence-electron chi connectivity index (χ0n) is 11.7. The van der Waals surface area contributed by atoms with Crippen molar-refractivity contribution in [2.75, 3.05) is 7.05 Å². The maximum atomic E-state index is 6.19. The second-order valence-corrected chi connectivity index (χ2v) is 6.74. The van der Waals surface area contributed by atoms with Crippen LogP contribution in [0, 0.1) is 5.92 Å². The number of benzene rings is 1. The van der Waals surface area contributed by atoms with Crippen LogP contribution in [-0.2, 0) is 0 Å². The van der Waals surface area contributed by atoms with Crippen molar-refractivity contribution >= 4 is 26.9 Å². The Morgan fingerprint density at radius 3 is 2.58 bits per heavy atom. The Bertz CT molecular complexity index is 598. The molecule has 1 aromatic heterocycles. The molecule has 102 valence electrons. The summed E-state index contributed by atoms with van der Waals surface area (Å²) < 4.78 is 7.31. The molecule has 1 N–H and O–H groups in total. The van der Waals surface area contributed by atoms with E-state index in [1.807, 2.05) is 7.05 Å². The third kappa shape index (κ3) is 2.46. The van der Waals surface area contributed by atoms with E-state index in [9.17, 15) is 0 Å². The van der Waals surface area contributed by atoms with Gasteiger partial charge in [0.05, 0.1) is 6.04 Å². The summed E-state index contributed by atoms with van der Waals surface area (Å²) in [4.78, 5) is 0. The van der Waals surface area contributed by atoms with Gasteiger partial charge in [0, 0.05) is 9.86 Å². The molecule has 1 heterocycles. The number of halogens is 1. The standard InChI is InChI=1S/C16H20BrNO/c1-9(2)13-8-12(17)6-11-7-14(19-16(11)13)15(18-3)10-4-5-10/h6-10,15,18H,4-5H2,1-3H3. The van der Waals surface area contributed by atoms with Crippen LogP contribution in [0.5, 0.6) is 0 Å². The molecular formula is C16H20BrNO. The molecule has 0 saturated heterocycles. The van der Waals surface area contributed by atoms with Gasteiger partial charge in [-0.05, 0) is 55.5 Å². The Morgan fingerprint density at radius 2 is 2.00 bits per heavy atom. The van der Waals surface area contributed by atoms with E-state index in [4.69, 9.17) is 4.42 Å². The maximum absolute atomic E-state index is 6.19. The van der Waals surface area contributed by atoms with Gasteiger partial charge in [-0.2, -0.15) is 0 Å². The predicted molar refractivity (Wildman–Crippen MR) is 82.5 cm³/mol. The van der Waals surface area contributed by atoms with Crippen LogP contribution in [0.15, 0.2) is 27.1 Å². The first-order valence-corrected chi connectivity index (χ1v) is 7.79. The molecule has 1 aliphatic carbocycles. The number of hydrogen-bond acceptors (Lipinski definition) is 2. The van der Waals surface area contributed by atoms with E-state index >= 15 is 0 Å². The lowest BCUT2D eigenvalue weighted by Crippen LogP contribution is -2.17. The maximum Gasteiger partial charge on any atom is 0.137 e. The molecule has 1 unspecified atom stereocenters. The van der Waals surface area contributed by atoms with E-state index in [-0.39, 0.29) is 0 Å². The van der Waals surface area contributed by atoms with Gasteiger partial charge in [-0.1, -0.05) is 29.8 Å². The summed E-state index contributed by atoms with van der Waals surface area (Å²) in [5.74, 6) is 2.30. The number of rotatable bonds is 4. The zero-order valence-corrected chi connectivity index (χ0v) is 13.3. The Hall–Kier alpha value is -0.800. The van der Waals surface area contributed by atoms with E-state index < -0.39 is 0 Å². The van der Waals surface area contributed by atoms with Gasteiger partial charge in [-0.25, -0.2) is 0 Å². The fraction of sp³-hybridized carbons (Fsp3) is 0.500. The third-order valence-corrected chi connectivity index (χ3v) is 4.42. The summed E-state index contributed by atoms with van der Waals surface area (Å²) in [6, 6.07) is 6.89. The van der Waals surface area contributed by atoms with Gasteiger partial charge < -0.3 is 9.73 Å². The molecule has 2 aromatic rings. The van der Waals surface area contributed by atoms with Gasteiger partial charge in [-0.3, -0.25) is 0 Å². The summed E-state index contributed by atoms with van der Waals surface area (Å²) in [6.45, 7) is 4.42. The fourth-order valence-corrected chi connectivity index (χ4v) is 3.28. The van der Waals surface area contributed by atoms with Gasteiger partial charge in [0.1, 0.15) is 11.3 Å². The summed E-state index contributed by atoms with van der Waals surface area (Å²) in [5, 5.41) is 4.60. The SMILES string of the molecule is CNC(c1cc2cc(Br)cc(C(C)C)c2o1)C1CC1. The molecule has 0 amide bonds. The highest BCUT2D eigenvalue weighted by atomic mass is 79.9. The molecule has 3 rings (SSSR count). The molecule has 0 spiro atoms. The predicted octanol–water partition coefficient (Wildman–Crippen LogP) is 4.99. The van der Waals surface area contributed by atoms with Crippen molar-refractivity contribution in [2.45, 2.75) is 38.6 Å². The first kappa shape index (κ1) is 13.2. The summed E-state index contributed by atoms with van der Waals surface area (Å²) in [6.07, 6.45) is 2.62. The van der Waals surface area contributed by atoms with Crippen LogP contribution in [0.3, 0.4) is 0 Å². The molecule has 3 heteroatoms. The molecule has 1 aromatic carbocycles. The number of furan rings is 1. The lowest BCUT2D eigenvalue weighted by molar-refractivity contribution is 0.418. The second kappa shape index (κ2) is 4.95. The normalized spacial score (nSPS) is 17.3. The van der Waals surface area contributed by atoms with Gasteiger partial charge in [0.25, 0.3) is 0 Å². The van der Waals surface area contributed by atoms with E-state index in [0.29, 0.717) is 12.0 Å². The molecule has 0 bridgehead atoms. The molecule has 1 saturated carbocycles. The lowest BCUT2D eigenvalue weighted by Gasteiger charge is -2.11. The highest BCUT2D eigenvalue weighted by Crippen LogP contribution is 2.43. The van der Waals surface area contributed by atoms with Crippen LogP contribution in [-0.4, -0.2) is 7.05 Å². The minimum atomic E-state index is 0.367. The minimum absolute atomic E-state index is 0.367. The quantitative estimate of drug-likeness (QED) is 0.858. The Labute approximate surface area is 122 Å². The molecule has 1 aliphatic rings. The minimum Gasteiger partial charge on any atom is -0.459 e. The van der Waals surface area contributed by atoms with Crippen molar-refractivity contribution in [2.24, 2.45) is 5.92 Å². The molecule has 1 fully saturated rings. The number of nitrogens with one attached hydrogen (secondary N) is 1. The lowest BCUT2D eigenvalue weighted by atomic mass is 10.0. The van der Waals surface area contributed by atoms with Crippen LogP contribution in [0.4, 0.5) is 0 Å². The Kier molecular flexibility index (Phi) is 3.44. The van der Waals surface area contributed by atoms with Crippen LogP contribution in [0.25, 0.3) is 11.0 Å². The summed E-state index contributed by atoms with van der Waals surface area (Å²) in [5.41, 5.74) is 2.33. The molecule has 2 nitrogen and oxygen atoms in total.